The number of aliphatic hydroxyl groups is 1. The fourth-order valence-electron chi connectivity index (χ4n) is 4.17. The predicted octanol–water partition coefficient (Wildman–Crippen LogP) is 2.14. The summed E-state index contributed by atoms with van der Waals surface area (Å²) >= 11 is 0. The number of allylic oxidation sites excluding steroid dienone is 1. The molecule has 0 amide bonds. The number of hydrogen-bond acceptors (Lipinski definition) is 1. The average molecular weight is 176 g/mol. The van der Waals surface area contributed by atoms with E-state index in [1.165, 1.54) is 17.6 Å². The number of rotatable bonds is 0. The van der Waals surface area contributed by atoms with E-state index in [1.54, 1.807) is 0 Å². The third-order valence-corrected chi connectivity index (χ3v) is 4.65. The molecule has 4 bridgehead atoms. The fraction of sp³-hybridized carbons (Fsp3) is 0.667. The van der Waals surface area contributed by atoms with Crippen LogP contribution in [0.5, 0.6) is 0 Å². The summed E-state index contributed by atoms with van der Waals surface area (Å²) in [6.45, 7) is 10.3. The van der Waals surface area contributed by atoms with Crippen LogP contribution in [0, 0.1) is 23.7 Å². The van der Waals surface area contributed by atoms with Crippen LogP contribution in [-0.4, -0.2) is 10.7 Å². The van der Waals surface area contributed by atoms with E-state index < -0.39 is 5.60 Å². The van der Waals surface area contributed by atoms with Crippen molar-refractivity contribution in [1.29, 1.82) is 0 Å². The Morgan fingerprint density at radius 2 is 2.00 bits per heavy atom. The smallest absolute Gasteiger partial charge is 0.0727 e. The molecular weight excluding hydrogens is 160 g/mol. The number of fused-ring (bicyclic) bond motifs is 1. The predicted molar refractivity (Wildman–Crippen MR) is 52.1 cm³/mol. The van der Waals surface area contributed by atoms with Crippen molar-refractivity contribution < 1.29 is 5.11 Å². The first-order valence-corrected chi connectivity index (χ1v) is 5.15. The van der Waals surface area contributed by atoms with E-state index in [9.17, 15) is 5.11 Å². The van der Waals surface area contributed by atoms with Crippen LogP contribution in [0.4, 0.5) is 0 Å². The molecule has 0 spiro atoms. The van der Waals surface area contributed by atoms with Gasteiger partial charge in [-0.2, -0.15) is 0 Å². The van der Waals surface area contributed by atoms with Crippen LogP contribution < -0.4 is 0 Å². The van der Waals surface area contributed by atoms with Gasteiger partial charge in [0.25, 0.3) is 0 Å². The summed E-state index contributed by atoms with van der Waals surface area (Å²) < 4.78 is 0. The van der Waals surface area contributed by atoms with Crippen LogP contribution in [0.1, 0.15) is 19.8 Å². The Balaban J connectivity index is 2.19. The third kappa shape index (κ3) is 0.623. The van der Waals surface area contributed by atoms with Crippen molar-refractivity contribution in [3.63, 3.8) is 0 Å². The van der Waals surface area contributed by atoms with Crippen LogP contribution in [0.2, 0.25) is 0 Å². The summed E-state index contributed by atoms with van der Waals surface area (Å²) in [5.41, 5.74) is 2.14. The molecule has 4 fully saturated rings. The standard InChI is InChI=1S/C12H16O/c1-6-8-4-5-9-10(6)7(2)11(8)12(9,3)13/h8-11,13H,1-2,4-5H2,3H3. The monoisotopic (exact) mass is 176 g/mol. The van der Waals surface area contributed by atoms with Crippen LogP contribution in [0.15, 0.2) is 24.3 Å². The van der Waals surface area contributed by atoms with Crippen LogP contribution in [-0.2, 0) is 0 Å². The summed E-state index contributed by atoms with van der Waals surface area (Å²) in [5, 5.41) is 10.4. The molecule has 13 heavy (non-hydrogen) atoms. The maximum Gasteiger partial charge on any atom is 0.0727 e. The lowest BCUT2D eigenvalue weighted by atomic mass is 9.61. The molecule has 1 N–H and O–H groups in total. The van der Waals surface area contributed by atoms with Crippen molar-refractivity contribution in [2.24, 2.45) is 23.7 Å². The van der Waals surface area contributed by atoms with E-state index in [1.807, 2.05) is 6.92 Å². The van der Waals surface area contributed by atoms with Crippen molar-refractivity contribution in [1.82, 2.24) is 0 Å². The lowest BCUT2D eigenvalue weighted by Gasteiger charge is -2.47. The lowest BCUT2D eigenvalue weighted by Crippen LogP contribution is -2.48. The van der Waals surface area contributed by atoms with Crippen LogP contribution >= 0.6 is 0 Å². The Bertz CT molecular complexity index is 313. The van der Waals surface area contributed by atoms with Gasteiger partial charge >= 0.3 is 0 Å². The summed E-state index contributed by atoms with van der Waals surface area (Å²) in [7, 11) is 0. The van der Waals surface area contributed by atoms with E-state index in [0.717, 1.165) is 6.42 Å². The zero-order valence-electron chi connectivity index (χ0n) is 8.09. The van der Waals surface area contributed by atoms with E-state index in [2.05, 4.69) is 13.2 Å². The minimum Gasteiger partial charge on any atom is -0.389 e. The van der Waals surface area contributed by atoms with Crippen LogP contribution in [0.3, 0.4) is 0 Å². The SMILES string of the molecule is C=C1C2CCC3C1C(=C)C2C3(C)O. The molecule has 5 atom stereocenters. The molecule has 0 radical (unpaired) electrons. The second kappa shape index (κ2) is 1.93. The molecule has 4 aliphatic carbocycles. The first kappa shape index (κ1) is 7.81. The Hall–Kier alpha value is -0.560. The average Bonchev–Trinajstić information content (AvgIpc) is 2.36. The van der Waals surface area contributed by atoms with Gasteiger partial charge in [-0.1, -0.05) is 24.3 Å². The minimum absolute atomic E-state index is 0.323. The number of hydrogen-bond donors (Lipinski definition) is 1. The fourth-order valence-corrected chi connectivity index (χ4v) is 4.17. The molecule has 0 aromatic carbocycles. The molecule has 4 aliphatic rings. The van der Waals surface area contributed by atoms with Gasteiger partial charge in [0, 0.05) is 11.8 Å². The Morgan fingerprint density at radius 3 is 2.46 bits per heavy atom. The van der Waals surface area contributed by atoms with Gasteiger partial charge in [0.1, 0.15) is 0 Å². The molecule has 0 heterocycles. The zero-order chi connectivity index (χ0) is 9.38. The Kier molecular flexibility index (Phi) is 1.16. The second-order valence-electron chi connectivity index (χ2n) is 5.12. The first-order chi connectivity index (χ1) is 6.05. The molecule has 0 aromatic rings. The molecule has 1 heteroatoms. The lowest BCUT2D eigenvalue weighted by molar-refractivity contribution is -0.0763. The van der Waals surface area contributed by atoms with E-state index in [4.69, 9.17) is 0 Å². The van der Waals surface area contributed by atoms with Gasteiger partial charge in [0.15, 0.2) is 0 Å². The van der Waals surface area contributed by atoms with Crippen LogP contribution in [0.25, 0.3) is 0 Å². The molecule has 0 saturated heterocycles. The highest BCUT2D eigenvalue weighted by Gasteiger charge is 2.65. The molecule has 70 valence electrons. The van der Waals surface area contributed by atoms with Gasteiger partial charge in [-0.15, -0.1) is 0 Å². The highest BCUT2D eigenvalue weighted by Crippen LogP contribution is 2.67. The quantitative estimate of drug-likeness (QED) is 0.561. The van der Waals surface area contributed by atoms with Gasteiger partial charge in [-0.05, 0) is 31.6 Å². The first-order valence-electron chi connectivity index (χ1n) is 5.15. The van der Waals surface area contributed by atoms with Crippen molar-refractivity contribution in [3.05, 3.63) is 24.3 Å². The van der Waals surface area contributed by atoms with Gasteiger partial charge in [0.2, 0.25) is 0 Å². The van der Waals surface area contributed by atoms with Crippen molar-refractivity contribution in [2.45, 2.75) is 25.4 Å². The molecule has 1 nitrogen and oxygen atoms in total. The highest BCUT2D eigenvalue weighted by molar-refractivity contribution is 5.43. The maximum atomic E-state index is 10.4. The summed E-state index contributed by atoms with van der Waals surface area (Å²) in [4.78, 5) is 0. The molecule has 5 unspecified atom stereocenters. The van der Waals surface area contributed by atoms with Gasteiger partial charge in [-0.3, -0.25) is 0 Å². The van der Waals surface area contributed by atoms with E-state index in [0.29, 0.717) is 23.7 Å². The third-order valence-electron chi connectivity index (χ3n) is 4.65. The largest absolute Gasteiger partial charge is 0.389 e. The van der Waals surface area contributed by atoms with Crippen molar-refractivity contribution >= 4 is 0 Å². The minimum atomic E-state index is -0.480. The summed E-state index contributed by atoms with van der Waals surface area (Å²) in [5.74, 6) is 1.72. The van der Waals surface area contributed by atoms with Crippen molar-refractivity contribution in [2.75, 3.05) is 0 Å². The maximum absolute atomic E-state index is 10.4. The molecule has 4 saturated carbocycles. The molecule has 4 rings (SSSR count). The highest BCUT2D eigenvalue weighted by atomic mass is 16.3. The molecule has 0 aliphatic heterocycles. The zero-order valence-corrected chi connectivity index (χ0v) is 8.09. The van der Waals surface area contributed by atoms with Gasteiger partial charge in [-0.25, -0.2) is 0 Å². The summed E-state index contributed by atoms with van der Waals surface area (Å²) in [6.07, 6.45) is 2.39. The second-order valence-corrected chi connectivity index (χ2v) is 5.12. The van der Waals surface area contributed by atoms with Gasteiger partial charge in [0.05, 0.1) is 5.60 Å². The molecular formula is C12H16O. The normalized spacial score (nSPS) is 58.0. The Morgan fingerprint density at radius 1 is 1.31 bits per heavy atom. The van der Waals surface area contributed by atoms with E-state index in [-0.39, 0.29) is 0 Å². The van der Waals surface area contributed by atoms with E-state index >= 15 is 0 Å². The Labute approximate surface area is 79.2 Å². The van der Waals surface area contributed by atoms with Gasteiger partial charge < -0.3 is 5.11 Å². The molecule has 0 aromatic heterocycles. The topological polar surface area (TPSA) is 20.2 Å². The van der Waals surface area contributed by atoms with Crippen molar-refractivity contribution in [3.8, 4) is 0 Å². The summed E-state index contributed by atoms with van der Waals surface area (Å²) in [6, 6.07) is 0.